The lowest BCUT2D eigenvalue weighted by Crippen LogP contribution is -2.20. The number of nitrogens with one attached hydrogen (secondary N) is 1. The van der Waals surface area contributed by atoms with E-state index < -0.39 is 10.0 Å². The van der Waals surface area contributed by atoms with Crippen molar-refractivity contribution >= 4 is 26.8 Å². The van der Waals surface area contributed by atoms with Gasteiger partial charge in [-0.1, -0.05) is 29.8 Å². The van der Waals surface area contributed by atoms with Gasteiger partial charge in [0.05, 0.1) is 27.8 Å². The number of para-hydroxylation sites is 2. The maximum atomic E-state index is 12.2. The maximum Gasteiger partial charge on any atom is 0.276 e. The lowest BCUT2D eigenvalue weighted by molar-refractivity contribution is 0.584. The highest BCUT2D eigenvalue weighted by atomic mass is 32.2. The summed E-state index contributed by atoms with van der Waals surface area (Å²) in [7, 11) is -3.71. The van der Waals surface area contributed by atoms with Crippen molar-refractivity contribution in [3.63, 3.8) is 0 Å². The normalized spacial score (nSPS) is 12.3. The molecule has 0 atom stereocenters. The maximum absolute atomic E-state index is 12.2. The van der Waals surface area contributed by atoms with Gasteiger partial charge in [0.1, 0.15) is 5.69 Å². The van der Waals surface area contributed by atoms with Crippen LogP contribution in [0.5, 0.6) is 0 Å². The quantitative estimate of drug-likeness (QED) is 0.584. The number of hydrogen-bond donors (Lipinski definition) is 1. The van der Waals surface area contributed by atoms with E-state index in [0.29, 0.717) is 11.4 Å². The third-order valence-electron chi connectivity index (χ3n) is 3.48. The van der Waals surface area contributed by atoms with E-state index in [9.17, 15) is 8.42 Å². The molecule has 7 heteroatoms. The average Bonchev–Trinajstić information content (AvgIpc) is 2.59. The van der Waals surface area contributed by atoms with Gasteiger partial charge in [-0.15, -0.1) is 0 Å². The largest absolute Gasteiger partial charge is 0.276 e. The molecule has 0 saturated heterocycles. The molecule has 0 unspecified atom stereocenters. The van der Waals surface area contributed by atoms with Crippen LogP contribution >= 0.6 is 0 Å². The van der Waals surface area contributed by atoms with Crippen LogP contribution in [-0.4, -0.2) is 24.1 Å². The van der Waals surface area contributed by atoms with Crippen molar-refractivity contribution in [2.45, 2.75) is 18.7 Å². The fraction of sp³-hybridized carbons (Fsp3) is 0.118. The summed E-state index contributed by atoms with van der Waals surface area (Å²) in [5.74, 6) is 0. The highest BCUT2D eigenvalue weighted by molar-refractivity contribution is 7.89. The molecule has 6 nitrogen and oxygen atoms in total. The summed E-state index contributed by atoms with van der Waals surface area (Å²) < 4.78 is 24.5. The van der Waals surface area contributed by atoms with Crippen molar-refractivity contribution in [3.8, 4) is 0 Å². The molecule has 1 N–H and O–H groups in total. The minimum absolute atomic E-state index is 0.161. The molecular formula is C17H16N4O2S. The van der Waals surface area contributed by atoms with Gasteiger partial charge in [-0.3, -0.25) is 4.98 Å². The highest BCUT2D eigenvalue weighted by Crippen LogP contribution is 2.11. The Hall–Kier alpha value is -2.80. The van der Waals surface area contributed by atoms with Crippen LogP contribution in [0.25, 0.3) is 11.0 Å². The third-order valence-corrected chi connectivity index (χ3v) is 4.71. The van der Waals surface area contributed by atoms with Gasteiger partial charge in [-0.25, -0.2) is 4.98 Å². The number of rotatable bonds is 4. The summed E-state index contributed by atoms with van der Waals surface area (Å²) >= 11 is 0. The van der Waals surface area contributed by atoms with Crippen molar-refractivity contribution in [1.82, 2.24) is 14.8 Å². The molecule has 0 spiro atoms. The third kappa shape index (κ3) is 3.41. The molecule has 0 amide bonds. The van der Waals surface area contributed by atoms with Crippen LogP contribution in [0.3, 0.4) is 0 Å². The Morgan fingerprint density at radius 3 is 2.42 bits per heavy atom. The second-order valence-corrected chi connectivity index (χ2v) is 7.01. The van der Waals surface area contributed by atoms with Crippen LogP contribution in [-0.2, 0) is 10.0 Å². The fourth-order valence-corrected chi connectivity index (χ4v) is 2.94. The molecule has 0 saturated carbocycles. The Kier molecular flexibility index (Phi) is 4.26. The number of sulfonamides is 1. The standard InChI is InChI=1S/C17H16N4O2S/c1-12-7-9-14(10-8-12)24(22,23)21-20-13(2)17-11-18-15-5-3-4-6-16(15)19-17/h3-11,21H,1-2H3/b20-13+. The highest BCUT2D eigenvalue weighted by Gasteiger charge is 2.13. The Morgan fingerprint density at radius 2 is 1.71 bits per heavy atom. The van der Waals surface area contributed by atoms with Crippen molar-refractivity contribution in [1.29, 1.82) is 0 Å². The van der Waals surface area contributed by atoms with E-state index in [-0.39, 0.29) is 4.90 Å². The van der Waals surface area contributed by atoms with E-state index in [0.717, 1.165) is 16.6 Å². The predicted octanol–water partition coefficient (Wildman–Crippen LogP) is 2.64. The molecule has 0 aliphatic carbocycles. The topological polar surface area (TPSA) is 84.3 Å². The fourth-order valence-electron chi connectivity index (χ4n) is 2.09. The zero-order chi connectivity index (χ0) is 17.2. The Labute approximate surface area is 140 Å². The first-order chi connectivity index (χ1) is 11.5. The van der Waals surface area contributed by atoms with Gasteiger partial charge in [-0.05, 0) is 38.1 Å². The van der Waals surface area contributed by atoms with E-state index in [2.05, 4.69) is 19.9 Å². The second kappa shape index (κ2) is 6.37. The molecule has 0 radical (unpaired) electrons. The van der Waals surface area contributed by atoms with Crippen LogP contribution in [0.2, 0.25) is 0 Å². The first-order valence-electron chi connectivity index (χ1n) is 7.31. The first kappa shape index (κ1) is 16.1. The lowest BCUT2D eigenvalue weighted by Gasteiger charge is -2.06. The monoisotopic (exact) mass is 340 g/mol. The van der Waals surface area contributed by atoms with Gasteiger partial charge in [0.2, 0.25) is 0 Å². The number of hydrazone groups is 1. The van der Waals surface area contributed by atoms with E-state index in [1.54, 1.807) is 37.4 Å². The van der Waals surface area contributed by atoms with Crippen molar-refractivity contribution < 1.29 is 8.42 Å². The van der Waals surface area contributed by atoms with E-state index in [4.69, 9.17) is 0 Å². The van der Waals surface area contributed by atoms with E-state index in [1.165, 1.54) is 0 Å². The van der Waals surface area contributed by atoms with Crippen molar-refractivity contribution in [3.05, 3.63) is 66.0 Å². The van der Waals surface area contributed by atoms with Crippen molar-refractivity contribution in [2.24, 2.45) is 5.10 Å². The summed E-state index contributed by atoms with van der Waals surface area (Å²) in [5.41, 5.74) is 3.43. The van der Waals surface area contributed by atoms with Gasteiger partial charge in [0.15, 0.2) is 0 Å². The van der Waals surface area contributed by atoms with Gasteiger partial charge in [0.25, 0.3) is 10.0 Å². The molecule has 0 bridgehead atoms. The molecule has 2 aromatic carbocycles. The summed E-state index contributed by atoms with van der Waals surface area (Å²) in [5, 5.41) is 3.95. The van der Waals surface area contributed by atoms with Gasteiger partial charge >= 0.3 is 0 Å². The number of benzene rings is 2. The number of fused-ring (bicyclic) bond motifs is 1. The Bertz CT molecular complexity index is 1010. The summed E-state index contributed by atoms with van der Waals surface area (Å²) in [6, 6.07) is 14.0. The minimum atomic E-state index is -3.71. The second-order valence-electron chi connectivity index (χ2n) is 5.35. The summed E-state index contributed by atoms with van der Waals surface area (Å²) in [4.78, 5) is 11.1. The van der Waals surface area contributed by atoms with Gasteiger partial charge < -0.3 is 0 Å². The van der Waals surface area contributed by atoms with Crippen LogP contribution < -0.4 is 4.83 Å². The average molecular weight is 340 g/mol. The van der Waals surface area contributed by atoms with E-state index >= 15 is 0 Å². The summed E-state index contributed by atoms with van der Waals surface area (Å²) in [6.07, 6.45) is 1.57. The molecule has 24 heavy (non-hydrogen) atoms. The molecule has 1 aromatic heterocycles. The Morgan fingerprint density at radius 1 is 1.04 bits per heavy atom. The minimum Gasteiger partial charge on any atom is -0.252 e. The summed E-state index contributed by atoms with van der Waals surface area (Å²) in [6.45, 7) is 3.57. The van der Waals surface area contributed by atoms with Crippen LogP contribution in [0.1, 0.15) is 18.2 Å². The molecule has 122 valence electrons. The number of aryl methyl sites for hydroxylation is 1. The van der Waals surface area contributed by atoms with Crippen molar-refractivity contribution in [2.75, 3.05) is 0 Å². The first-order valence-corrected chi connectivity index (χ1v) is 8.79. The predicted molar refractivity (Wildman–Crippen MR) is 93.2 cm³/mol. The molecule has 0 aliphatic rings. The van der Waals surface area contributed by atoms with Crippen LogP contribution in [0.15, 0.2) is 64.7 Å². The molecular weight excluding hydrogens is 324 g/mol. The lowest BCUT2D eigenvalue weighted by atomic mass is 10.2. The molecule has 3 aromatic rings. The number of hydrogen-bond acceptors (Lipinski definition) is 5. The number of nitrogens with zero attached hydrogens (tertiary/aromatic N) is 3. The van der Waals surface area contributed by atoms with Gasteiger partial charge in [0, 0.05) is 0 Å². The molecule has 0 aliphatic heterocycles. The number of aromatic nitrogens is 2. The zero-order valence-electron chi connectivity index (χ0n) is 13.3. The zero-order valence-corrected chi connectivity index (χ0v) is 14.1. The Balaban J connectivity index is 1.85. The van der Waals surface area contributed by atoms with Gasteiger partial charge in [-0.2, -0.15) is 18.4 Å². The smallest absolute Gasteiger partial charge is 0.252 e. The van der Waals surface area contributed by atoms with Crippen LogP contribution in [0.4, 0.5) is 0 Å². The molecule has 1 heterocycles. The molecule has 3 rings (SSSR count). The van der Waals surface area contributed by atoms with Crippen LogP contribution in [0, 0.1) is 6.92 Å². The van der Waals surface area contributed by atoms with E-state index in [1.807, 2.05) is 31.2 Å². The SMILES string of the molecule is C/C(=N\NS(=O)(=O)c1ccc(C)cc1)c1cnc2ccccc2n1. The molecule has 0 fully saturated rings.